The van der Waals surface area contributed by atoms with E-state index in [2.05, 4.69) is 15.6 Å². The molecule has 0 aliphatic rings. The van der Waals surface area contributed by atoms with Crippen LogP contribution in [0.2, 0.25) is 5.02 Å². The van der Waals surface area contributed by atoms with Crippen molar-refractivity contribution < 1.29 is 18.4 Å². The molecule has 0 saturated carbocycles. The van der Waals surface area contributed by atoms with E-state index in [4.69, 9.17) is 16.0 Å². The number of aryl methyl sites for hydroxylation is 1. The maximum atomic E-state index is 13.1. The molecule has 0 spiro atoms. The first-order valence-corrected chi connectivity index (χ1v) is 8.73. The zero-order valence-electron chi connectivity index (χ0n) is 13.5. The Morgan fingerprint density at radius 1 is 1.31 bits per heavy atom. The lowest BCUT2D eigenvalue weighted by Gasteiger charge is -2.05. The molecule has 2 N–H and O–H groups in total. The van der Waals surface area contributed by atoms with Crippen molar-refractivity contribution in [3.8, 4) is 0 Å². The van der Waals surface area contributed by atoms with Crippen molar-refractivity contribution in [2.45, 2.75) is 13.3 Å². The van der Waals surface area contributed by atoms with E-state index in [0.29, 0.717) is 27.8 Å². The lowest BCUT2D eigenvalue weighted by atomic mass is 10.2. The van der Waals surface area contributed by atoms with Crippen LogP contribution in [-0.2, 0) is 11.2 Å². The van der Waals surface area contributed by atoms with Crippen molar-refractivity contribution in [3.63, 3.8) is 0 Å². The van der Waals surface area contributed by atoms with Crippen molar-refractivity contribution in [1.82, 2.24) is 4.98 Å². The number of hydrogen-bond donors (Lipinski definition) is 2. The van der Waals surface area contributed by atoms with E-state index in [1.54, 1.807) is 18.4 Å². The van der Waals surface area contributed by atoms with Crippen molar-refractivity contribution in [2.75, 3.05) is 10.6 Å². The highest BCUT2D eigenvalue weighted by molar-refractivity contribution is 7.14. The molecule has 0 saturated heterocycles. The SMILES string of the molecule is Cc1occc1C(=O)Nc1nc(CC(=O)Nc2ccc(F)c(Cl)c2)cs1. The van der Waals surface area contributed by atoms with Gasteiger partial charge in [0.05, 0.1) is 29.0 Å². The summed E-state index contributed by atoms with van der Waals surface area (Å²) in [6, 6.07) is 5.49. The molecule has 0 aliphatic carbocycles. The number of thiazole rings is 1. The molecular formula is C17H13ClFN3O3S. The van der Waals surface area contributed by atoms with Crippen LogP contribution in [-0.4, -0.2) is 16.8 Å². The molecule has 2 aromatic heterocycles. The maximum absolute atomic E-state index is 13.1. The molecule has 3 rings (SSSR count). The third kappa shape index (κ3) is 4.27. The van der Waals surface area contributed by atoms with Crippen molar-refractivity contribution in [1.29, 1.82) is 0 Å². The molecule has 134 valence electrons. The summed E-state index contributed by atoms with van der Waals surface area (Å²) >= 11 is 6.89. The number of carbonyl (C=O) groups excluding carboxylic acids is 2. The third-order valence-corrected chi connectivity index (χ3v) is 4.52. The fourth-order valence-corrected chi connectivity index (χ4v) is 3.06. The van der Waals surface area contributed by atoms with Gasteiger partial charge in [0, 0.05) is 11.1 Å². The van der Waals surface area contributed by atoms with Gasteiger partial charge in [0.1, 0.15) is 11.6 Å². The van der Waals surface area contributed by atoms with Gasteiger partial charge < -0.3 is 9.73 Å². The highest BCUT2D eigenvalue weighted by Gasteiger charge is 2.14. The Morgan fingerprint density at radius 3 is 2.81 bits per heavy atom. The van der Waals surface area contributed by atoms with Crippen LogP contribution in [0.1, 0.15) is 21.8 Å². The summed E-state index contributed by atoms with van der Waals surface area (Å²) in [7, 11) is 0. The first kappa shape index (κ1) is 18.1. The van der Waals surface area contributed by atoms with Crippen molar-refractivity contribution >= 4 is 45.6 Å². The summed E-state index contributed by atoms with van der Waals surface area (Å²) < 4.78 is 18.2. The minimum Gasteiger partial charge on any atom is -0.469 e. The summed E-state index contributed by atoms with van der Waals surface area (Å²) in [6.45, 7) is 1.69. The van der Waals surface area contributed by atoms with E-state index in [9.17, 15) is 14.0 Å². The van der Waals surface area contributed by atoms with Crippen molar-refractivity contribution in [3.05, 3.63) is 63.8 Å². The van der Waals surface area contributed by atoms with Crippen LogP contribution in [0.15, 0.2) is 40.3 Å². The molecule has 0 unspecified atom stereocenters. The summed E-state index contributed by atoms with van der Waals surface area (Å²) in [4.78, 5) is 28.4. The van der Waals surface area contributed by atoms with Crippen LogP contribution in [0.3, 0.4) is 0 Å². The number of benzene rings is 1. The predicted octanol–water partition coefficient (Wildman–Crippen LogP) is 4.27. The molecule has 2 heterocycles. The average Bonchev–Trinajstić information content (AvgIpc) is 3.20. The smallest absolute Gasteiger partial charge is 0.260 e. The van der Waals surface area contributed by atoms with Gasteiger partial charge in [-0.25, -0.2) is 9.37 Å². The molecule has 3 aromatic rings. The topological polar surface area (TPSA) is 84.2 Å². The van der Waals surface area contributed by atoms with E-state index in [0.717, 1.165) is 0 Å². The van der Waals surface area contributed by atoms with E-state index in [-0.39, 0.29) is 23.3 Å². The van der Waals surface area contributed by atoms with Gasteiger partial charge in [-0.1, -0.05) is 11.6 Å². The highest BCUT2D eigenvalue weighted by atomic mass is 35.5. The number of carbonyl (C=O) groups is 2. The number of nitrogens with one attached hydrogen (secondary N) is 2. The number of aromatic nitrogens is 1. The minimum atomic E-state index is -0.558. The molecule has 1 aromatic carbocycles. The number of halogens is 2. The monoisotopic (exact) mass is 393 g/mol. The number of anilines is 2. The summed E-state index contributed by atoms with van der Waals surface area (Å²) in [5.74, 6) is -0.710. The van der Waals surface area contributed by atoms with Gasteiger partial charge in [-0.3, -0.25) is 14.9 Å². The number of hydrogen-bond acceptors (Lipinski definition) is 5. The van der Waals surface area contributed by atoms with E-state index < -0.39 is 5.82 Å². The molecule has 6 nitrogen and oxygen atoms in total. The first-order chi connectivity index (χ1) is 12.4. The van der Waals surface area contributed by atoms with Gasteiger partial charge in [0.2, 0.25) is 5.91 Å². The zero-order chi connectivity index (χ0) is 18.7. The molecular weight excluding hydrogens is 381 g/mol. The molecule has 0 fully saturated rings. The summed E-state index contributed by atoms with van der Waals surface area (Å²) in [6.07, 6.45) is 1.44. The second kappa shape index (κ2) is 7.67. The highest BCUT2D eigenvalue weighted by Crippen LogP contribution is 2.21. The zero-order valence-corrected chi connectivity index (χ0v) is 15.1. The normalized spacial score (nSPS) is 10.6. The number of rotatable bonds is 5. The first-order valence-electron chi connectivity index (χ1n) is 7.47. The fourth-order valence-electron chi connectivity index (χ4n) is 2.17. The predicted molar refractivity (Wildman–Crippen MR) is 97.3 cm³/mol. The van der Waals surface area contributed by atoms with E-state index in [1.165, 1.54) is 35.8 Å². The lowest BCUT2D eigenvalue weighted by Crippen LogP contribution is -2.15. The van der Waals surface area contributed by atoms with Gasteiger partial charge in [0.25, 0.3) is 5.91 Å². The Hall–Kier alpha value is -2.71. The van der Waals surface area contributed by atoms with Gasteiger partial charge >= 0.3 is 0 Å². The molecule has 0 atom stereocenters. The summed E-state index contributed by atoms with van der Waals surface area (Å²) in [5.41, 5.74) is 1.31. The van der Waals surface area contributed by atoms with Gasteiger partial charge in [-0.15, -0.1) is 11.3 Å². The van der Waals surface area contributed by atoms with Gasteiger partial charge in [0.15, 0.2) is 5.13 Å². The van der Waals surface area contributed by atoms with Crippen LogP contribution < -0.4 is 10.6 Å². The Kier molecular flexibility index (Phi) is 5.34. The number of amides is 2. The second-order valence-corrected chi connectivity index (χ2v) is 6.61. The summed E-state index contributed by atoms with van der Waals surface area (Å²) in [5, 5.41) is 7.25. The molecule has 9 heteroatoms. The molecule has 26 heavy (non-hydrogen) atoms. The maximum Gasteiger partial charge on any atom is 0.260 e. The minimum absolute atomic E-state index is 0.00606. The molecule has 0 radical (unpaired) electrons. The van der Waals surface area contributed by atoms with Crippen LogP contribution in [0, 0.1) is 12.7 Å². The van der Waals surface area contributed by atoms with E-state index in [1.807, 2.05) is 0 Å². The standard InChI is InChI=1S/C17H13ClFN3O3S/c1-9-12(4-5-25-9)16(24)22-17-21-11(8-26-17)7-15(23)20-10-2-3-14(19)13(18)6-10/h2-6,8H,7H2,1H3,(H,20,23)(H,21,22,24). The second-order valence-electron chi connectivity index (χ2n) is 5.34. The number of furan rings is 1. The van der Waals surface area contributed by atoms with Crippen LogP contribution >= 0.6 is 22.9 Å². The van der Waals surface area contributed by atoms with Crippen LogP contribution in [0.4, 0.5) is 15.2 Å². The Balaban J connectivity index is 1.59. The molecule has 0 bridgehead atoms. The third-order valence-electron chi connectivity index (χ3n) is 3.42. The Morgan fingerprint density at radius 2 is 2.12 bits per heavy atom. The van der Waals surface area contributed by atoms with E-state index >= 15 is 0 Å². The Bertz CT molecular complexity index is 970. The average molecular weight is 394 g/mol. The van der Waals surface area contributed by atoms with Crippen LogP contribution in [0.25, 0.3) is 0 Å². The quantitative estimate of drug-likeness (QED) is 0.678. The fraction of sp³-hybridized carbons (Fsp3) is 0.118. The van der Waals surface area contributed by atoms with Gasteiger partial charge in [-0.2, -0.15) is 0 Å². The van der Waals surface area contributed by atoms with Gasteiger partial charge in [-0.05, 0) is 31.2 Å². The largest absolute Gasteiger partial charge is 0.469 e. The lowest BCUT2D eigenvalue weighted by molar-refractivity contribution is -0.115. The molecule has 2 amide bonds. The number of nitrogens with zero attached hydrogens (tertiary/aromatic N) is 1. The van der Waals surface area contributed by atoms with Crippen LogP contribution in [0.5, 0.6) is 0 Å². The van der Waals surface area contributed by atoms with Crippen molar-refractivity contribution in [2.24, 2.45) is 0 Å². The Labute approximate surface area is 157 Å². The molecule has 0 aliphatic heterocycles.